The molecule has 2 nitrogen and oxygen atoms in total. The average molecular weight is 144 g/mol. The van der Waals surface area contributed by atoms with E-state index < -0.39 is 0 Å². The fourth-order valence-electron chi connectivity index (χ4n) is 0.961. The van der Waals surface area contributed by atoms with E-state index in [0.717, 1.165) is 0 Å². The molecule has 0 radical (unpaired) electrons. The second-order valence-corrected chi connectivity index (χ2v) is 2.92. The van der Waals surface area contributed by atoms with Gasteiger partial charge in [0, 0.05) is 6.04 Å². The molecule has 0 aromatic heterocycles. The number of unbranched alkanes of at least 4 members (excludes halogenated alkanes) is 3. The van der Waals surface area contributed by atoms with Gasteiger partial charge < -0.3 is 0 Å². The van der Waals surface area contributed by atoms with Crippen LogP contribution in [-0.2, 0) is 0 Å². The molecular weight excluding hydrogens is 124 g/mol. The van der Waals surface area contributed by atoms with Crippen molar-refractivity contribution >= 4 is 0 Å². The molecule has 0 heterocycles. The van der Waals surface area contributed by atoms with Crippen LogP contribution in [0, 0.1) is 0 Å². The van der Waals surface area contributed by atoms with Crippen LogP contribution >= 0.6 is 0 Å². The molecule has 0 spiro atoms. The van der Waals surface area contributed by atoms with Gasteiger partial charge >= 0.3 is 0 Å². The molecule has 0 fully saturated rings. The summed E-state index contributed by atoms with van der Waals surface area (Å²) in [6, 6.07) is 0.483. The highest BCUT2D eigenvalue weighted by molar-refractivity contribution is 4.54. The summed E-state index contributed by atoms with van der Waals surface area (Å²) in [6.45, 7) is 4.34. The summed E-state index contributed by atoms with van der Waals surface area (Å²) in [7, 11) is 0. The zero-order valence-electron chi connectivity index (χ0n) is 7.19. The predicted octanol–water partition coefficient (Wildman–Crippen LogP) is 1.81. The Morgan fingerprint density at radius 1 is 1.30 bits per heavy atom. The molecule has 0 aromatic carbocycles. The molecule has 0 aliphatic rings. The first-order valence-corrected chi connectivity index (χ1v) is 4.27. The minimum absolute atomic E-state index is 0.483. The highest BCUT2D eigenvalue weighted by Gasteiger charge is 1.96. The van der Waals surface area contributed by atoms with Gasteiger partial charge in [0.05, 0.1) is 0 Å². The van der Waals surface area contributed by atoms with Gasteiger partial charge in [-0.25, -0.2) is 0 Å². The molecule has 0 aromatic rings. The summed E-state index contributed by atoms with van der Waals surface area (Å²) in [5.74, 6) is 5.24. The highest BCUT2D eigenvalue weighted by atomic mass is 15.2. The van der Waals surface area contributed by atoms with Crippen LogP contribution in [0.1, 0.15) is 46.0 Å². The number of nitrogens with one attached hydrogen (secondary N) is 1. The molecule has 0 aliphatic heterocycles. The van der Waals surface area contributed by atoms with Crippen LogP contribution in [0.4, 0.5) is 0 Å². The van der Waals surface area contributed by atoms with E-state index in [0.29, 0.717) is 6.04 Å². The third kappa shape index (κ3) is 6.05. The van der Waals surface area contributed by atoms with Crippen LogP contribution in [0.2, 0.25) is 0 Å². The molecule has 0 aliphatic carbocycles. The van der Waals surface area contributed by atoms with E-state index in [1.54, 1.807) is 0 Å². The number of hydrogen-bond donors (Lipinski definition) is 2. The van der Waals surface area contributed by atoms with Gasteiger partial charge in [0.25, 0.3) is 0 Å². The molecule has 0 saturated carbocycles. The lowest BCUT2D eigenvalue weighted by Crippen LogP contribution is -2.32. The smallest absolute Gasteiger partial charge is 0.0182 e. The number of nitrogens with two attached hydrogens (primary N) is 1. The lowest BCUT2D eigenvalue weighted by atomic mass is 10.1. The maximum absolute atomic E-state index is 5.24. The van der Waals surface area contributed by atoms with E-state index >= 15 is 0 Å². The molecular formula is C8H20N2. The van der Waals surface area contributed by atoms with Gasteiger partial charge in [-0.2, -0.15) is 0 Å². The Morgan fingerprint density at radius 2 is 2.00 bits per heavy atom. The monoisotopic (exact) mass is 144 g/mol. The highest BCUT2D eigenvalue weighted by Crippen LogP contribution is 2.03. The third-order valence-electron chi connectivity index (χ3n) is 1.78. The Labute approximate surface area is 64.2 Å². The standard InChI is InChI=1S/C8H20N2/c1-3-4-5-6-7-8(2)10-9/h8,10H,3-7,9H2,1-2H3/t8-/m1/s1. The fourth-order valence-corrected chi connectivity index (χ4v) is 0.961. The van der Waals surface area contributed by atoms with Crippen molar-refractivity contribution in [3.8, 4) is 0 Å². The Bertz CT molecular complexity index is 64.3. The van der Waals surface area contributed by atoms with Gasteiger partial charge in [-0.05, 0) is 13.3 Å². The number of hydrazine groups is 1. The fraction of sp³-hybridized carbons (Fsp3) is 1.00. The first-order valence-electron chi connectivity index (χ1n) is 4.27. The number of hydrogen-bond acceptors (Lipinski definition) is 2. The topological polar surface area (TPSA) is 38.0 Å². The van der Waals surface area contributed by atoms with Crippen LogP contribution in [0.15, 0.2) is 0 Å². The minimum Gasteiger partial charge on any atom is -0.271 e. The van der Waals surface area contributed by atoms with Crippen LogP contribution in [-0.4, -0.2) is 6.04 Å². The lowest BCUT2D eigenvalue weighted by Gasteiger charge is -2.07. The van der Waals surface area contributed by atoms with E-state index in [1.165, 1.54) is 32.1 Å². The van der Waals surface area contributed by atoms with E-state index in [4.69, 9.17) is 5.84 Å². The predicted molar refractivity (Wildman–Crippen MR) is 45.5 cm³/mol. The van der Waals surface area contributed by atoms with Crippen molar-refractivity contribution in [3.05, 3.63) is 0 Å². The van der Waals surface area contributed by atoms with Crippen molar-refractivity contribution in [2.75, 3.05) is 0 Å². The second kappa shape index (κ2) is 7.03. The van der Waals surface area contributed by atoms with Crippen molar-refractivity contribution in [3.63, 3.8) is 0 Å². The molecule has 1 atom stereocenters. The Balaban J connectivity index is 2.89. The summed E-state index contributed by atoms with van der Waals surface area (Å²) < 4.78 is 0. The van der Waals surface area contributed by atoms with Crippen molar-refractivity contribution < 1.29 is 0 Å². The Morgan fingerprint density at radius 3 is 2.50 bits per heavy atom. The largest absolute Gasteiger partial charge is 0.271 e. The van der Waals surface area contributed by atoms with Gasteiger partial charge in [0.15, 0.2) is 0 Å². The van der Waals surface area contributed by atoms with Crippen LogP contribution in [0.3, 0.4) is 0 Å². The SMILES string of the molecule is CCCCCC[C@@H](C)NN. The first-order chi connectivity index (χ1) is 4.81. The van der Waals surface area contributed by atoms with Crippen LogP contribution in [0.25, 0.3) is 0 Å². The second-order valence-electron chi connectivity index (χ2n) is 2.92. The minimum atomic E-state index is 0.483. The summed E-state index contributed by atoms with van der Waals surface area (Å²) in [6.07, 6.45) is 6.53. The molecule has 0 rings (SSSR count). The maximum Gasteiger partial charge on any atom is 0.0182 e. The van der Waals surface area contributed by atoms with Crippen LogP contribution < -0.4 is 11.3 Å². The molecule has 2 heteroatoms. The molecule has 0 unspecified atom stereocenters. The van der Waals surface area contributed by atoms with Crippen molar-refractivity contribution in [2.45, 2.75) is 52.0 Å². The molecule has 0 amide bonds. The maximum atomic E-state index is 5.24. The Hall–Kier alpha value is -0.0800. The lowest BCUT2D eigenvalue weighted by molar-refractivity contribution is 0.495. The summed E-state index contributed by atoms with van der Waals surface area (Å²) in [5.41, 5.74) is 2.74. The zero-order chi connectivity index (χ0) is 7.82. The summed E-state index contributed by atoms with van der Waals surface area (Å²) >= 11 is 0. The molecule has 0 bridgehead atoms. The molecule has 62 valence electrons. The van der Waals surface area contributed by atoms with Gasteiger partial charge in [-0.1, -0.05) is 32.6 Å². The Kier molecular flexibility index (Phi) is 6.98. The summed E-state index contributed by atoms with van der Waals surface area (Å²) in [4.78, 5) is 0. The van der Waals surface area contributed by atoms with E-state index in [9.17, 15) is 0 Å². The van der Waals surface area contributed by atoms with Crippen LogP contribution in [0.5, 0.6) is 0 Å². The third-order valence-corrected chi connectivity index (χ3v) is 1.78. The normalized spacial score (nSPS) is 13.5. The molecule has 3 N–H and O–H groups in total. The van der Waals surface area contributed by atoms with Crippen molar-refractivity contribution in [2.24, 2.45) is 5.84 Å². The van der Waals surface area contributed by atoms with Gasteiger partial charge in [0.2, 0.25) is 0 Å². The van der Waals surface area contributed by atoms with E-state index in [1.807, 2.05) is 0 Å². The quantitative estimate of drug-likeness (QED) is 0.339. The zero-order valence-corrected chi connectivity index (χ0v) is 7.19. The first kappa shape index (κ1) is 9.92. The van der Waals surface area contributed by atoms with Crippen molar-refractivity contribution in [1.82, 2.24) is 5.43 Å². The van der Waals surface area contributed by atoms with E-state index in [-0.39, 0.29) is 0 Å². The average Bonchev–Trinajstić information content (AvgIpc) is 1.98. The molecule has 0 saturated heterocycles. The number of rotatable bonds is 6. The van der Waals surface area contributed by atoms with Gasteiger partial charge in [0.1, 0.15) is 0 Å². The summed E-state index contributed by atoms with van der Waals surface area (Å²) in [5, 5.41) is 0. The van der Waals surface area contributed by atoms with E-state index in [2.05, 4.69) is 19.3 Å². The van der Waals surface area contributed by atoms with Gasteiger partial charge in [-0.3, -0.25) is 11.3 Å². The van der Waals surface area contributed by atoms with Gasteiger partial charge in [-0.15, -0.1) is 0 Å². The van der Waals surface area contributed by atoms with Crippen molar-refractivity contribution in [1.29, 1.82) is 0 Å². The molecule has 10 heavy (non-hydrogen) atoms.